The van der Waals surface area contributed by atoms with Gasteiger partial charge in [0.05, 0.1) is 17.9 Å². The fourth-order valence-corrected chi connectivity index (χ4v) is 0.876. The highest BCUT2D eigenvalue weighted by atomic mass is 16.5. The molecule has 0 aromatic heterocycles. The lowest BCUT2D eigenvalue weighted by Gasteiger charge is -2.09. The molecule has 0 radical (unpaired) electrons. The molecular formula is C10H18O3. The van der Waals surface area contributed by atoms with E-state index in [1.807, 2.05) is 6.92 Å². The molecule has 0 saturated heterocycles. The molecule has 13 heavy (non-hydrogen) atoms. The van der Waals surface area contributed by atoms with Crippen LogP contribution in [-0.4, -0.2) is 17.2 Å². The van der Waals surface area contributed by atoms with Crippen molar-refractivity contribution in [2.45, 2.75) is 46.1 Å². The summed E-state index contributed by atoms with van der Waals surface area (Å²) in [7, 11) is 0. The van der Waals surface area contributed by atoms with E-state index in [9.17, 15) is 4.79 Å². The van der Waals surface area contributed by atoms with Crippen LogP contribution in [0.1, 0.15) is 40.0 Å². The van der Waals surface area contributed by atoms with Gasteiger partial charge in [-0.15, -0.1) is 0 Å². The maximum atomic E-state index is 11.2. The molecule has 0 amide bonds. The Morgan fingerprint density at radius 2 is 2.15 bits per heavy atom. The molecule has 0 bridgehead atoms. The van der Waals surface area contributed by atoms with E-state index in [0.29, 0.717) is 12.0 Å². The number of esters is 1. The zero-order chi connectivity index (χ0) is 10.3. The Morgan fingerprint density at radius 1 is 1.54 bits per heavy atom. The minimum atomic E-state index is -0.411. The number of hydrogen-bond acceptors (Lipinski definition) is 3. The summed E-state index contributed by atoms with van der Waals surface area (Å²) in [5.74, 6) is -0.411. The van der Waals surface area contributed by atoms with Gasteiger partial charge in [-0.25, -0.2) is 4.79 Å². The molecule has 1 N–H and O–H groups in total. The van der Waals surface area contributed by atoms with E-state index in [1.54, 1.807) is 13.8 Å². The van der Waals surface area contributed by atoms with E-state index in [1.165, 1.54) is 0 Å². The molecule has 0 aliphatic carbocycles. The Kier molecular flexibility index (Phi) is 6.02. The van der Waals surface area contributed by atoms with Gasteiger partial charge in [-0.05, 0) is 26.7 Å². The Morgan fingerprint density at radius 3 is 2.54 bits per heavy atom. The second-order valence-corrected chi connectivity index (χ2v) is 3.21. The summed E-state index contributed by atoms with van der Waals surface area (Å²) in [4.78, 5) is 11.2. The summed E-state index contributed by atoms with van der Waals surface area (Å²) < 4.78 is 4.93. The van der Waals surface area contributed by atoms with Crippen LogP contribution in [0.4, 0.5) is 0 Å². The number of aliphatic hydroxyl groups excluding tert-OH is 1. The smallest absolute Gasteiger partial charge is 0.337 e. The number of aliphatic hydroxyl groups is 1. The van der Waals surface area contributed by atoms with E-state index in [0.717, 1.165) is 19.1 Å². The predicted molar refractivity (Wildman–Crippen MR) is 51.5 cm³/mol. The maximum absolute atomic E-state index is 11.2. The molecule has 0 atom stereocenters. The molecular weight excluding hydrogens is 168 g/mol. The number of ether oxygens (including phenoxy) is 1. The summed E-state index contributed by atoms with van der Waals surface area (Å²) in [6.45, 7) is 5.60. The highest BCUT2D eigenvalue weighted by Crippen LogP contribution is 2.09. The normalized spacial score (nSPS) is 11.8. The number of unbranched alkanes of at least 4 members (excludes halogenated alkanes) is 1. The van der Waals surface area contributed by atoms with Crippen molar-refractivity contribution in [3.05, 3.63) is 11.8 Å². The van der Waals surface area contributed by atoms with Crippen molar-refractivity contribution in [1.82, 2.24) is 0 Å². The number of hydrogen-bond donors (Lipinski definition) is 1. The summed E-state index contributed by atoms with van der Waals surface area (Å²) >= 11 is 0. The van der Waals surface area contributed by atoms with Crippen molar-refractivity contribution in [2.24, 2.45) is 0 Å². The van der Waals surface area contributed by atoms with E-state index in [4.69, 9.17) is 9.84 Å². The Bertz CT molecular complexity index is 183. The number of rotatable bonds is 5. The molecule has 0 spiro atoms. The standard InChI is InChI=1S/C10H18O3/c1-4-5-6-9(7-11)10(12)13-8(2)3/h7-8,11H,4-6H2,1-3H3. The van der Waals surface area contributed by atoms with Crippen LogP contribution in [0.3, 0.4) is 0 Å². The fraction of sp³-hybridized carbons (Fsp3) is 0.700. The number of carbonyl (C=O) groups excluding carboxylic acids is 1. The molecule has 0 aromatic rings. The van der Waals surface area contributed by atoms with Crippen LogP contribution in [0, 0.1) is 0 Å². The van der Waals surface area contributed by atoms with Gasteiger partial charge in [0, 0.05) is 0 Å². The minimum Gasteiger partial charge on any atom is -0.515 e. The SMILES string of the molecule is CCCCC(=CO)C(=O)OC(C)C. The lowest BCUT2D eigenvalue weighted by Crippen LogP contribution is -2.13. The topological polar surface area (TPSA) is 46.5 Å². The summed E-state index contributed by atoms with van der Waals surface area (Å²) in [6, 6.07) is 0. The van der Waals surface area contributed by atoms with Crippen LogP contribution >= 0.6 is 0 Å². The highest BCUT2D eigenvalue weighted by Gasteiger charge is 2.11. The van der Waals surface area contributed by atoms with Gasteiger partial charge >= 0.3 is 5.97 Å². The molecule has 0 aliphatic heterocycles. The monoisotopic (exact) mass is 186 g/mol. The summed E-state index contributed by atoms with van der Waals surface area (Å²) in [5, 5.41) is 8.77. The summed E-state index contributed by atoms with van der Waals surface area (Å²) in [6.07, 6.45) is 3.18. The predicted octanol–water partition coefficient (Wildman–Crippen LogP) is 2.57. The van der Waals surface area contributed by atoms with Gasteiger partial charge < -0.3 is 9.84 Å². The van der Waals surface area contributed by atoms with Crippen LogP contribution in [0.2, 0.25) is 0 Å². The van der Waals surface area contributed by atoms with Gasteiger partial charge in [0.1, 0.15) is 0 Å². The van der Waals surface area contributed by atoms with Gasteiger partial charge in [-0.1, -0.05) is 13.3 Å². The van der Waals surface area contributed by atoms with Crippen molar-refractivity contribution >= 4 is 5.97 Å². The largest absolute Gasteiger partial charge is 0.515 e. The minimum absolute atomic E-state index is 0.135. The van der Waals surface area contributed by atoms with Crippen LogP contribution in [0.15, 0.2) is 11.8 Å². The third-order valence-electron chi connectivity index (χ3n) is 1.56. The molecule has 0 aliphatic rings. The van der Waals surface area contributed by atoms with Crippen molar-refractivity contribution < 1.29 is 14.6 Å². The first kappa shape index (κ1) is 12.0. The zero-order valence-electron chi connectivity index (χ0n) is 8.54. The first-order valence-electron chi connectivity index (χ1n) is 4.66. The molecule has 76 valence electrons. The highest BCUT2D eigenvalue weighted by molar-refractivity contribution is 5.88. The lowest BCUT2D eigenvalue weighted by molar-refractivity contribution is -0.142. The Balaban J connectivity index is 4.02. The molecule has 0 fully saturated rings. The molecule has 0 unspecified atom stereocenters. The van der Waals surface area contributed by atoms with Crippen LogP contribution in [-0.2, 0) is 9.53 Å². The Hall–Kier alpha value is -0.990. The number of carbonyl (C=O) groups is 1. The molecule has 0 heterocycles. The van der Waals surface area contributed by atoms with E-state index in [-0.39, 0.29) is 6.10 Å². The van der Waals surface area contributed by atoms with Gasteiger partial charge in [0.15, 0.2) is 0 Å². The van der Waals surface area contributed by atoms with Crippen LogP contribution in [0.25, 0.3) is 0 Å². The third-order valence-corrected chi connectivity index (χ3v) is 1.56. The van der Waals surface area contributed by atoms with E-state index in [2.05, 4.69) is 0 Å². The van der Waals surface area contributed by atoms with Crippen LogP contribution in [0.5, 0.6) is 0 Å². The van der Waals surface area contributed by atoms with Crippen molar-refractivity contribution in [3.63, 3.8) is 0 Å². The second kappa shape index (κ2) is 6.52. The van der Waals surface area contributed by atoms with Crippen LogP contribution < -0.4 is 0 Å². The maximum Gasteiger partial charge on any atom is 0.337 e. The molecule has 3 heteroatoms. The van der Waals surface area contributed by atoms with Gasteiger partial charge in [-0.2, -0.15) is 0 Å². The summed E-state index contributed by atoms with van der Waals surface area (Å²) in [5.41, 5.74) is 0.357. The second-order valence-electron chi connectivity index (χ2n) is 3.21. The van der Waals surface area contributed by atoms with E-state index >= 15 is 0 Å². The van der Waals surface area contributed by atoms with Crippen molar-refractivity contribution in [3.8, 4) is 0 Å². The zero-order valence-corrected chi connectivity index (χ0v) is 8.54. The van der Waals surface area contributed by atoms with Gasteiger partial charge in [0.2, 0.25) is 0 Å². The van der Waals surface area contributed by atoms with Gasteiger partial charge in [0.25, 0.3) is 0 Å². The van der Waals surface area contributed by atoms with Crippen molar-refractivity contribution in [2.75, 3.05) is 0 Å². The van der Waals surface area contributed by atoms with Crippen molar-refractivity contribution in [1.29, 1.82) is 0 Å². The first-order chi connectivity index (χ1) is 6.11. The average molecular weight is 186 g/mol. The molecule has 0 rings (SSSR count). The van der Waals surface area contributed by atoms with Gasteiger partial charge in [-0.3, -0.25) is 0 Å². The molecule has 0 saturated carbocycles. The average Bonchev–Trinajstić information content (AvgIpc) is 2.04. The fourth-order valence-electron chi connectivity index (χ4n) is 0.876. The first-order valence-corrected chi connectivity index (χ1v) is 4.66. The molecule has 3 nitrogen and oxygen atoms in total. The quantitative estimate of drug-likeness (QED) is 0.408. The lowest BCUT2D eigenvalue weighted by atomic mass is 10.1. The van der Waals surface area contributed by atoms with E-state index < -0.39 is 5.97 Å². The third kappa shape index (κ3) is 5.28. The molecule has 0 aromatic carbocycles. The Labute approximate surface area is 79.4 Å².